The Labute approximate surface area is 156 Å². The minimum atomic E-state index is 0.417. The Morgan fingerprint density at radius 1 is 0.889 bits per heavy atom. The van der Waals surface area contributed by atoms with E-state index >= 15 is 0 Å². The summed E-state index contributed by atoms with van der Waals surface area (Å²) in [6, 6.07) is 9.85. The first kappa shape index (κ1) is 15.7. The van der Waals surface area contributed by atoms with Crippen molar-refractivity contribution in [2.45, 2.75) is 12.8 Å². The van der Waals surface area contributed by atoms with Crippen LogP contribution in [0.15, 0.2) is 55.1 Å². The van der Waals surface area contributed by atoms with Crippen LogP contribution in [0.3, 0.4) is 0 Å². The number of rotatable bonds is 3. The number of nitrogen functional groups attached to an aromatic ring is 1. The number of nitrogens with two attached hydrogens (primary N) is 1. The van der Waals surface area contributed by atoms with E-state index in [2.05, 4.69) is 37.1 Å². The van der Waals surface area contributed by atoms with E-state index in [-0.39, 0.29) is 0 Å². The smallest absolute Gasteiger partial charge is 0.166 e. The van der Waals surface area contributed by atoms with Crippen molar-refractivity contribution >= 4 is 17.3 Å². The normalized spacial score (nSPS) is 14.1. The molecule has 1 aliphatic heterocycles. The van der Waals surface area contributed by atoms with Gasteiger partial charge in [-0.2, -0.15) is 0 Å². The quantitative estimate of drug-likeness (QED) is 0.607. The Morgan fingerprint density at radius 3 is 2.48 bits per heavy atom. The van der Waals surface area contributed by atoms with Crippen LogP contribution in [-0.4, -0.2) is 37.7 Å². The summed E-state index contributed by atoms with van der Waals surface area (Å²) in [5.74, 6) is 1.45. The van der Waals surface area contributed by atoms with E-state index in [0.29, 0.717) is 11.5 Å². The Kier molecular flexibility index (Phi) is 3.71. The van der Waals surface area contributed by atoms with Gasteiger partial charge < -0.3 is 10.6 Å². The highest BCUT2D eigenvalue weighted by molar-refractivity contribution is 5.84. The average molecular weight is 357 g/mol. The van der Waals surface area contributed by atoms with Crippen molar-refractivity contribution in [2.75, 3.05) is 23.7 Å². The molecular weight excluding hydrogens is 338 g/mol. The minimum Gasteiger partial charge on any atom is -0.382 e. The van der Waals surface area contributed by atoms with Crippen molar-refractivity contribution in [1.29, 1.82) is 0 Å². The highest BCUT2D eigenvalue weighted by Gasteiger charge is 2.16. The molecule has 4 aromatic rings. The van der Waals surface area contributed by atoms with Crippen molar-refractivity contribution in [3.63, 3.8) is 0 Å². The first-order valence-electron chi connectivity index (χ1n) is 9.06. The molecule has 2 N–H and O–H groups in total. The van der Waals surface area contributed by atoms with E-state index in [0.717, 1.165) is 41.3 Å². The topological polar surface area (TPSA) is 85.2 Å². The van der Waals surface area contributed by atoms with Crippen LogP contribution in [0, 0.1) is 0 Å². The maximum absolute atomic E-state index is 6.13. The lowest BCUT2D eigenvalue weighted by Crippen LogP contribution is -2.18. The van der Waals surface area contributed by atoms with Crippen LogP contribution in [0.1, 0.15) is 12.8 Å². The van der Waals surface area contributed by atoms with Crippen LogP contribution in [0.5, 0.6) is 0 Å². The van der Waals surface area contributed by atoms with Crippen molar-refractivity contribution in [2.24, 2.45) is 0 Å². The highest BCUT2D eigenvalue weighted by Crippen LogP contribution is 2.29. The molecule has 0 spiro atoms. The van der Waals surface area contributed by atoms with Crippen LogP contribution in [0.4, 0.5) is 11.6 Å². The average Bonchev–Trinajstić information content (AvgIpc) is 3.35. The number of fused-ring (bicyclic) bond motifs is 1. The number of aromatic nitrogens is 5. The lowest BCUT2D eigenvalue weighted by molar-refractivity contribution is 0.936. The van der Waals surface area contributed by atoms with Gasteiger partial charge >= 0.3 is 0 Å². The predicted octanol–water partition coefficient (Wildman–Crippen LogP) is 3.04. The molecule has 0 radical (unpaired) electrons. The van der Waals surface area contributed by atoms with Gasteiger partial charge in [0, 0.05) is 49.0 Å². The predicted molar refractivity (Wildman–Crippen MR) is 105 cm³/mol. The second-order valence-electron chi connectivity index (χ2n) is 6.69. The largest absolute Gasteiger partial charge is 0.382 e. The second kappa shape index (κ2) is 6.35. The van der Waals surface area contributed by atoms with Crippen molar-refractivity contribution < 1.29 is 0 Å². The summed E-state index contributed by atoms with van der Waals surface area (Å²) >= 11 is 0. The minimum absolute atomic E-state index is 0.417. The standard InChI is InChI=1S/C20H19N7/c21-19-18(16-5-1-2-8-22-16)20-24-12-15(13-27(20)25-19)14-6-7-17(23-11-14)26-9-3-4-10-26/h1-2,5-8,11-13H,3-4,9-10H2,(H2,21,25). The van der Waals surface area contributed by atoms with Gasteiger partial charge in [-0.1, -0.05) is 6.07 Å². The molecule has 0 atom stereocenters. The van der Waals surface area contributed by atoms with Gasteiger partial charge in [-0.05, 0) is 37.1 Å². The van der Waals surface area contributed by atoms with Gasteiger partial charge in [-0.3, -0.25) is 4.98 Å². The molecule has 0 amide bonds. The molecule has 27 heavy (non-hydrogen) atoms. The SMILES string of the molecule is Nc1nn2cc(-c3ccc(N4CCCC4)nc3)cnc2c1-c1ccccn1. The molecule has 0 saturated carbocycles. The second-order valence-corrected chi connectivity index (χ2v) is 6.69. The molecule has 7 nitrogen and oxygen atoms in total. The van der Waals surface area contributed by atoms with Gasteiger partial charge in [0.15, 0.2) is 11.5 Å². The maximum atomic E-state index is 6.13. The zero-order valence-electron chi connectivity index (χ0n) is 14.8. The molecule has 0 bridgehead atoms. The van der Waals surface area contributed by atoms with Gasteiger partial charge in [0.05, 0.1) is 11.3 Å². The van der Waals surface area contributed by atoms with Crippen LogP contribution in [0.2, 0.25) is 0 Å². The van der Waals surface area contributed by atoms with Crippen LogP contribution < -0.4 is 10.6 Å². The van der Waals surface area contributed by atoms with Crippen LogP contribution in [-0.2, 0) is 0 Å². The summed E-state index contributed by atoms with van der Waals surface area (Å²) in [7, 11) is 0. The maximum Gasteiger partial charge on any atom is 0.166 e. The first-order chi connectivity index (χ1) is 13.3. The molecule has 4 aromatic heterocycles. The van der Waals surface area contributed by atoms with Gasteiger partial charge in [-0.15, -0.1) is 5.10 Å². The lowest BCUT2D eigenvalue weighted by Gasteiger charge is -2.16. The van der Waals surface area contributed by atoms with Gasteiger partial charge in [0.25, 0.3) is 0 Å². The number of anilines is 2. The molecule has 1 aliphatic rings. The summed E-state index contributed by atoms with van der Waals surface area (Å²) in [6.07, 6.45) is 9.86. The molecule has 134 valence electrons. The molecule has 5 heterocycles. The van der Waals surface area contributed by atoms with Crippen LogP contribution >= 0.6 is 0 Å². The zero-order valence-corrected chi connectivity index (χ0v) is 14.8. The number of pyridine rings is 2. The Bertz CT molecular complexity index is 1080. The van der Waals surface area contributed by atoms with Crippen LogP contribution in [0.25, 0.3) is 28.0 Å². The number of hydrogen-bond acceptors (Lipinski definition) is 6. The molecule has 0 unspecified atom stereocenters. The molecule has 1 fully saturated rings. The fourth-order valence-corrected chi connectivity index (χ4v) is 3.55. The lowest BCUT2D eigenvalue weighted by atomic mass is 10.1. The third-order valence-electron chi connectivity index (χ3n) is 4.93. The van der Waals surface area contributed by atoms with E-state index < -0.39 is 0 Å². The summed E-state index contributed by atoms with van der Waals surface area (Å²) in [6.45, 7) is 2.17. The Balaban J connectivity index is 1.52. The van der Waals surface area contributed by atoms with E-state index in [9.17, 15) is 0 Å². The van der Waals surface area contributed by atoms with Crippen molar-refractivity contribution in [3.8, 4) is 22.4 Å². The summed E-state index contributed by atoms with van der Waals surface area (Å²) in [4.78, 5) is 15.9. The Hall–Kier alpha value is -3.48. The van der Waals surface area contributed by atoms with Gasteiger partial charge in [-0.25, -0.2) is 14.5 Å². The third kappa shape index (κ3) is 2.77. The van der Waals surface area contributed by atoms with Gasteiger partial charge in [0.2, 0.25) is 0 Å². The number of hydrogen-bond donors (Lipinski definition) is 1. The van der Waals surface area contributed by atoms with Gasteiger partial charge in [0.1, 0.15) is 5.82 Å². The summed E-state index contributed by atoms with van der Waals surface area (Å²) in [5, 5.41) is 4.42. The fraction of sp³-hybridized carbons (Fsp3) is 0.200. The Morgan fingerprint density at radius 2 is 1.74 bits per heavy atom. The van der Waals surface area contributed by atoms with E-state index in [1.165, 1.54) is 12.8 Å². The van der Waals surface area contributed by atoms with E-state index in [4.69, 9.17) is 5.73 Å². The summed E-state index contributed by atoms with van der Waals surface area (Å²) in [5.41, 5.74) is 10.3. The highest BCUT2D eigenvalue weighted by atomic mass is 15.3. The molecule has 0 aromatic carbocycles. The van der Waals surface area contributed by atoms with Crippen molar-refractivity contribution in [3.05, 3.63) is 55.1 Å². The monoisotopic (exact) mass is 357 g/mol. The van der Waals surface area contributed by atoms with E-state index in [1.807, 2.05) is 36.8 Å². The molecule has 1 saturated heterocycles. The number of nitrogens with zero attached hydrogens (tertiary/aromatic N) is 6. The molecule has 0 aliphatic carbocycles. The summed E-state index contributed by atoms with van der Waals surface area (Å²) < 4.78 is 1.71. The first-order valence-corrected chi connectivity index (χ1v) is 9.06. The van der Waals surface area contributed by atoms with E-state index in [1.54, 1.807) is 10.7 Å². The van der Waals surface area contributed by atoms with Crippen molar-refractivity contribution in [1.82, 2.24) is 24.6 Å². The molecular formula is C20H19N7. The fourth-order valence-electron chi connectivity index (χ4n) is 3.55. The third-order valence-corrected chi connectivity index (χ3v) is 4.93. The molecule has 5 rings (SSSR count). The molecule has 7 heteroatoms. The zero-order chi connectivity index (χ0) is 18.2.